The highest BCUT2D eigenvalue weighted by Gasteiger charge is 2.17. The van der Waals surface area contributed by atoms with Gasteiger partial charge in [-0.05, 0) is 49.4 Å². The van der Waals surface area contributed by atoms with Gasteiger partial charge >= 0.3 is 0 Å². The number of aromatic nitrogens is 2. The van der Waals surface area contributed by atoms with Crippen molar-refractivity contribution in [3.05, 3.63) is 69.2 Å². The third-order valence-electron chi connectivity index (χ3n) is 4.23. The van der Waals surface area contributed by atoms with Gasteiger partial charge in [0.15, 0.2) is 0 Å². The summed E-state index contributed by atoms with van der Waals surface area (Å²) in [4.78, 5) is 18.5. The zero-order valence-corrected chi connectivity index (χ0v) is 17.5. The fraction of sp³-hybridized carbons (Fsp3) is 0.250. The molecule has 1 heterocycles. The van der Waals surface area contributed by atoms with Crippen LogP contribution in [0.15, 0.2) is 51.5 Å². The maximum Gasteiger partial charge on any atom is 0.227 e. The number of rotatable bonds is 7. The molecular weight excluding hydrogens is 449 g/mol. The second kappa shape index (κ2) is 9.30. The smallest absolute Gasteiger partial charge is 0.227 e. The molecule has 0 aliphatic carbocycles. The summed E-state index contributed by atoms with van der Waals surface area (Å²) in [5, 5.41) is 4.56. The summed E-state index contributed by atoms with van der Waals surface area (Å²) in [5.74, 6) is 0.387. The predicted octanol–water partition coefficient (Wildman–Crippen LogP) is 5.27. The Labute approximate surface area is 175 Å². The van der Waals surface area contributed by atoms with E-state index >= 15 is 0 Å². The second-order valence-electron chi connectivity index (χ2n) is 6.16. The van der Waals surface area contributed by atoms with Crippen LogP contribution in [0.1, 0.15) is 24.8 Å². The van der Waals surface area contributed by atoms with E-state index in [9.17, 15) is 9.18 Å². The van der Waals surface area contributed by atoms with Gasteiger partial charge < -0.3 is 9.42 Å². The Balaban J connectivity index is 1.61. The Kier molecular flexibility index (Phi) is 6.80. The molecule has 28 heavy (non-hydrogen) atoms. The lowest BCUT2D eigenvalue weighted by Gasteiger charge is -2.21. The van der Waals surface area contributed by atoms with E-state index in [1.54, 1.807) is 41.3 Å². The highest BCUT2D eigenvalue weighted by molar-refractivity contribution is 9.10. The molecule has 0 unspecified atom stereocenters. The van der Waals surface area contributed by atoms with Gasteiger partial charge in [0.05, 0.1) is 0 Å². The maximum atomic E-state index is 14.0. The van der Waals surface area contributed by atoms with Crippen molar-refractivity contribution in [2.45, 2.75) is 26.3 Å². The summed E-state index contributed by atoms with van der Waals surface area (Å²) in [6, 6.07) is 11.8. The number of hydrogen-bond acceptors (Lipinski definition) is 4. The van der Waals surface area contributed by atoms with Gasteiger partial charge in [-0.3, -0.25) is 4.79 Å². The first kappa shape index (κ1) is 20.5. The van der Waals surface area contributed by atoms with E-state index in [0.29, 0.717) is 35.3 Å². The fourth-order valence-electron chi connectivity index (χ4n) is 2.69. The van der Waals surface area contributed by atoms with Crippen LogP contribution in [0.4, 0.5) is 4.39 Å². The first-order valence-corrected chi connectivity index (χ1v) is 9.93. The van der Waals surface area contributed by atoms with Crippen LogP contribution < -0.4 is 0 Å². The Morgan fingerprint density at radius 2 is 2.00 bits per heavy atom. The van der Waals surface area contributed by atoms with E-state index in [4.69, 9.17) is 16.1 Å². The molecule has 0 saturated carbocycles. The van der Waals surface area contributed by atoms with Gasteiger partial charge in [0, 0.05) is 46.6 Å². The van der Waals surface area contributed by atoms with Gasteiger partial charge in [-0.2, -0.15) is 4.98 Å². The molecule has 1 aromatic heterocycles. The molecule has 0 spiro atoms. The lowest BCUT2D eigenvalue weighted by Crippen LogP contribution is -2.30. The number of hydrogen-bond donors (Lipinski definition) is 0. The van der Waals surface area contributed by atoms with Crippen LogP contribution in [0.2, 0.25) is 5.02 Å². The van der Waals surface area contributed by atoms with Crippen molar-refractivity contribution in [3.8, 4) is 11.4 Å². The van der Waals surface area contributed by atoms with Crippen LogP contribution in [-0.4, -0.2) is 27.5 Å². The Morgan fingerprint density at radius 3 is 2.71 bits per heavy atom. The summed E-state index contributed by atoms with van der Waals surface area (Å²) in [6.07, 6.45) is 0.516. The average Bonchev–Trinajstić information content (AvgIpc) is 3.16. The van der Waals surface area contributed by atoms with Gasteiger partial charge in [0.2, 0.25) is 17.6 Å². The predicted molar refractivity (Wildman–Crippen MR) is 108 cm³/mol. The van der Waals surface area contributed by atoms with Gasteiger partial charge in [0.1, 0.15) is 5.82 Å². The molecule has 0 radical (unpaired) electrons. The molecule has 2 aromatic carbocycles. The first-order chi connectivity index (χ1) is 13.5. The van der Waals surface area contributed by atoms with Crippen molar-refractivity contribution in [2.75, 3.05) is 6.54 Å². The van der Waals surface area contributed by atoms with Crippen molar-refractivity contribution in [3.63, 3.8) is 0 Å². The minimum Gasteiger partial charge on any atom is -0.339 e. The molecule has 0 atom stereocenters. The summed E-state index contributed by atoms with van der Waals surface area (Å²) >= 11 is 9.20. The van der Waals surface area contributed by atoms with E-state index in [1.165, 1.54) is 6.07 Å². The molecule has 3 rings (SSSR count). The molecule has 0 saturated heterocycles. The number of carbonyl (C=O) groups is 1. The van der Waals surface area contributed by atoms with Crippen LogP contribution in [0.5, 0.6) is 0 Å². The lowest BCUT2D eigenvalue weighted by atomic mass is 10.2. The third-order valence-corrected chi connectivity index (χ3v) is 4.97. The Bertz CT molecular complexity index is 962. The zero-order chi connectivity index (χ0) is 20.1. The van der Waals surface area contributed by atoms with Gasteiger partial charge in [0.25, 0.3) is 0 Å². The molecule has 0 aliphatic rings. The number of halogens is 3. The van der Waals surface area contributed by atoms with Gasteiger partial charge in [-0.15, -0.1) is 0 Å². The number of carbonyl (C=O) groups excluding carboxylic acids is 1. The minimum atomic E-state index is -0.334. The summed E-state index contributed by atoms with van der Waals surface area (Å²) in [7, 11) is 0. The third kappa shape index (κ3) is 5.17. The fourth-order valence-corrected chi connectivity index (χ4v) is 3.23. The highest BCUT2D eigenvalue weighted by Crippen LogP contribution is 2.20. The topological polar surface area (TPSA) is 59.2 Å². The molecule has 0 bridgehead atoms. The quantitative estimate of drug-likeness (QED) is 0.476. The van der Waals surface area contributed by atoms with E-state index in [1.807, 2.05) is 6.92 Å². The van der Waals surface area contributed by atoms with Gasteiger partial charge in [-0.25, -0.2) is 4.39 Å². The SMILES string of the molecule is CCN(Cc1cc(Br)ccc1F)C(=O)CCc1nc(-c2ccc(Cl)cc2)no1. The average molecular weight is 467 g/mol. The number of aryl methyl sites for hydroxylation is 1. The summed E-state index contributed by atoms with van der Waals surface area (Å²) < 4.78 is 20.0. The molecule has 146 valence electrons. The van der Waals surface area contributed by atoms with Crippen molar-refractivity contribution < 1.29 is 13.7 Å². The molecule has 0 fully saturated rings. The Morgan fingerprint density at radius 1 is 1.25 bits per heavy atom. The monoisotopic (exact) mass is 465 g/mol. The van der Waals surface area contributed by atoms with Gasteiger partial charge in [-0.1, -0.05) is 32.7 Å². The summed E-state index contributed by atoms with van der Waals surface area (Å²) in [6.45, 7) is 2.55. The first-order valence-electron chi connectivity index (χ1n) is 8.76. The van der Waals surface area contributed by atoms with Crippen LogP contribution in [0, 0.1) is 5.82 Å². The van der Waals surface area contributed by atoms with E-state index in [0.717, 1.165) is 10.0 Å². The maximum absolute atomic E-state index is 14.0. The molecule has 3 aromatic rings. The van der Waals surface area contributed by atoms with Crippen LogP contribution >= 0.6 is 27.5 Å². The van der Waals surface area contributed by atoms with Crippen LogP contribution in [0.3, 0.4) is 0 Å². The molecule has 0 N–H and O–H groups in total. The largest absolute Gasteiger partial charge is 0.339 e. The van der Waals surface area contributed by atoms with Crippen molar-refractivity contribution in [2.24, 2.45) is 0 Å². The number of benzene rings is 2. The van der Waals surface area contributed by atoms with Crippen LogP contribution in [0.25, 0.3) is 11.4 Å². The van der Waals surface area contributed by atoms with Crippen molar-refractivity contribution in [1.29, 1.82) is 0 Å². The molecule has 0 aliphatic heterocycles. The van der Waals surface area contributed by atoms with Crippen molar-refractivity contribution in [1.82, 2.24) is 15.0 Å². The Hall–Kier alpha value is -2.25. The number of nitrogens with zero attached hydrogens (tertiary/aromatic N) is 3. The molecule has 1 amide bonds. The zero-order valence-electron chi connectivity index (χ0n) is 15.2. The summed E-state index contributed by atoms with van der Waals surface area (Å²) in [5.41, 5.74) is 1.25. The van der Waals surface area contributed by atoms with E-state index < -0.39 is 0 Å². The molecule has 8 heteroatoms. The minimum absolute atomic E-state index is 0.104. The standard InChI is InChI=1S/C20H18BrClFN3O2/c1-2-26(12-14-11-15(21)5-8-17(14)23)19(27)10-9-18-24-20(25-28-18)13-3-6-16(22)7-4-13/h3-8,11H,2,9-10,12H2,1H3. The highest BCUT2D eigenvalue weighted by atomic mass is 79.9. The van der Waals surface area contributed by atoms with Crippen LogP contribution in [-0.2, 0) is 17.8 Å². The number of amides is 1. The van der Waals surface area contributed by atoms with Crippen molar-refractivity contribution >= 4 is 33.4 Å². The molecule has 5 nitrogen and oxygen atoms in total. The van der Waals surface area contributed by atoms with E-state index in [-0.39, 0.29) is 24.7 Å². The lowest BCUT2D eigenvalue weighted by molar-refractivity contribution is -0.131. The second-order valence-corrected chi connectivity index (χ2v) is 7.51. The van der Waals surface area contributed by atoms with E-state index in [2.05, 4.69) is 26.1 Å². The molecular formula is C20H18BrClFN3O2. The normalized spacial score (nSPS) is 10.9.